The molecule has 9 heteroatoms. The van der Waals surface area contributed by atoms with Crippen molar-refractivity contribution in [3.05, 3.63) is 47.2 Å². The highest BCUT2D eigenvalue weighted by Crippen LogP contribution is 2.27. The molecule has 144 valence electrons. The average Bonchev–Trinajstić information content (AvgIpc) is 3.35. The van der Waals surface area contributed by atoms with Crippen molar-refractivity contribution < 1.29 is 9.32 Å². The molecule has 28 heavy (non-hydrogen) atoms. The number of pyridine rings is 1. The van der Waals surface area contributed by atoms with Crippen LogP contribution in [-0.4, -0.2) is 35.6 Å². The van der Waals surface area contributed by atoms with E-state index in [9.17, 15) is 4.79 Å². The molecular formula is C19H21N7O2. The van der Waals surface area contributed by atoms with Crippen molar-refractivity contribution >= 4 is 17.0 Å². The molecule has 0 bridgehead atoms. The Hall–Kier alpha value is -3.49. The Kier molecular flexibility index (Phi) is 4.21. The molecule has 9 nitrogen and oxygen atoms in total. The number of fused-ring (bicyclic) bond motifs is 1. The van der Waals surface area contributed by atoms with E-state index in [0.717, 1.165) is 16.8 Å². The van der Waals surface area contributed by atoms with Crippen LogP contribution in [0.25, 0.3) is 22.4 Å². The lowest BCUT2D eigenvalue weighted by Gasteiger charge is -2.14. The fraction of sp³-hybridized carbons (Fsp3) is 0.316. The molecule has 4 rings (SSSR count). The Morgan fingerprint density at radius 3 is 2.64 bits per heavy atom. The van der Waals surface area contributed by atoms with Crippen LogP contribution in [0.3, 0.4) is 0 Å². The van der Waals surface area contributed by atoms with Crippen LogP contribution in [0.1, 0.15) is 40.3 Å². The zero-order valence-corrected chi connectivity index (χ0v) is 16.4. The van der Waals surface area contributed by atoms with E-state index in [1.165, 1.54) is 0 Å². The normalized spacial score (nSPS) is 12.5. The molecule has 1 atom stereocenters. The minimum atomic E-state index is -0.223. The van der Waals surface area contributed by atoms with Crippen LogP contribution in [0.5, 0.6) is 0 Å². The summed E-state index contributed by atoms with van der Waals surface area (Å²) in [5.74, 6) is -0.223. The van der Waals surface area contributed by atoms with Gasteiger partial charge >= 0.3 is 0 Å². The highest BCUT2D eigenvalue weighted by molar-refractivity contribution is 6.07. The van der Waals surface area contributed by atoms with Crippen LogP contribution in [-0.2, 0) is 14.1 Å². The molecule has 0 aliphatic rings. The summed E-state index contributed by atoms with van der Waals surface area (Å²) in [7, 11) is 3.70. The second kappa shape index (κ2) is 6.59. The number of nitrogens with zero attached hydrogens (tertiary/aromatic N) is 6. The predicted molar refractivity (Wildman–Crippen MR) is 103 cm³/mol. The van der Waals surface area contributed by atoms with Gasteiger partial charge in [0, 0.05) is 37.1 Å². The first-order valence-electron chi connectivity index (χ1n) is 8.90. The van der Waals surface area contributed by atoms with Gasteiger partial charge in [-0.1, -0.05) is 5.16 Å². The molecule has 0 saturated carbocycles. The van der Waals surface area contributed by atoms with Crippen LogP contribution >= 0.6 is 0 Å². The van der Waals surface area contributed by atoms with Gasteiger partial charge in [-0.2, -0.15) is 10.2 Å². The monoisotopic (exact) mass is 379 g/mol. The first kappa shape index (κ1) is 17.9. The molecule has 0 radical (unpaired) electrons. The lowest BCUT2D eigenvalue weighted by atomic mass is 10.1. The molecular weight excluding hydrogens is 358 g/mol. The summed E-state index contributed by atoms with van der Waals surface area (Å²) in [6.45, 7) is 5.70. The molecule has 1 amide bonds. The van der Waals surface area contributed by atoms with Crippen molar-refractivity contribution in [3.8, 4) is 11.3 Å². The largest absolute Gasteiger partial charge is 0.345 e. The number of aryl methyl sites for hydroxylation is 3. The van der Waals surface area contributed by atoms with Gasteiger partial charge in [-0.25, -0.2) is 4.98 Å². The molecule has 1 N–H and O–H groups in total. The Labute approximate surface area is 161 Å². The minimum Gasteiger partial charge on any atom is -0.345 e. The van der Waals surface area contributed by atoms with E-state index in [0.29, 0.717) is 28.1 Å². The molecule has 0 fully saturated rings. The Morgan fingerprint density at radius 1 is 1.21 bits per heavy atom. The molecule has 0 aliphatic heterocycles. The van der Waals surface area contributed by atoms with Crippen LogP contribution in [0.15, 0.2) is 29.2 Å². The van der Waals surface area contributed by atoms with E-state index >= 15 is 0 Å². The number of rotatable bonds is 4. The third kappa shape index (κ3) is 2.94. The maximum absolute atomic E-state index is 13.1. The third-order valence-electron chi connectivity index (χ3n) is 4.95. The Balaban J connectivity index is 1.75. The summed E-state index contributed by atoms with van der Waals surface area (Å²) in [5, 5.41) is 16.1. The first-order chi connectivity index (χ1) is 13.3. The van der Waals surface area contributed by atoms with E-state index in [-0.39, 0.29) is 11.9 Å². The lowest BCUT2D eigenvalue weighted by Crippen LogP contribution is -2.27. The smallest absolute Gasteiger partial charge is 0.259 e. The number of nitrogens with one attached hydrogen (secondary N) is 1. The summed E-state index contributed by atoms with van der Waals surface area (Å²) < 4.78 is 8.80. The summed E-state index contributed by atoms with van der Waals surface area (Å²) in [6.07, 6.45) is 5.30. The van der Waals surface area contributed by atoms with Gasteiger partial charge in [0.15, 0.2) is 0 Å². The fourth-order valence-electron chi connectivity index (χ4n) is 3.27. The van der Waals surface area contributed by atoms with Gasteiger partial charge in [0.1, 0.15) is 0 Å². The molecule has 4 heterocycles. The minimum absolute atomic E-state index is 0.202. The van der Waals surface area contributed by atoms with Crippen molar-refractivity contribution in [2.24, 2.45) is 14.1 Å². The van der Waals surface area contributed by atoms with Gasteiger partial charge in [0.2, 0.25) is 0 Å². The molecule has 0 saturated heterocycles. The van der Waals surface area contributed by atoms with E-state index < -0.39 is 0 Å². The molecule has 0 spiro atoms. The second-order valence-corrected chi connectivity index (χ2v) is 6.91. The Morgan fingerprint density at radius 2 is 2.00 bits per heavy atom. The first-order valence-corrected chi connectivity index (χ1v) is 8.90. The SMILES string of the molecule is Cc1noc2nc(-c3cnn(C)c3)cc(C(=O)N[C@@H](C)c3cnn(C)c3C)c12. The van der Waals surface area contributed by atoms with Gasteiger partial charge in [-0.15, -0.1) is 0 Å². The summed E-state index contributed by atoms with van der Waals surface area (Å²) in [5.41, 5.74) is 4.79. The predicted octanol–water partition coefficient (Wildman–Crippen LogP) is 2.46. The zero-order valence-electron chi connectivity index (χ0n) is 16.4. The van der Waals surface area contributed by atoms with Gasteiger partial charge in [-0.05, 0) is 26.8 Å². The van der Waals surface area contributed by atoms with Crippen molar-refractivity contribution in [1.82, 2.24) is 35.0 Å². The Bertz CT molecular complexity index is 1180. The second-order valence-electron chi connectivity index (χ2n) is 6.91. The standard InChI is InChI=1S/C19H21N7O2/c1-10(15-8-21-26(5)12(15)3)22-18(27)14-6-16(13-7-20-25(4)9-13)23-19-17(14)11(2)24-28-19/h6-10H,1-5H3,(H,22,27)/t10-/m0/s1. The van der Waals surface area contributed by atoms with E-state index in [1.807, 2.05) is 34.1 Å². The molecule has 0 aromatic carbocycles. The molecule has 4 aromatic heterocycles. The lowest BCUT2D eigenvalue weighted by molar-refractivity contribution is 0.0941. The average molecular weight is 379 g/mol. The van der Waals surface area contributed by atoms with E-state index in [1.54, 1.807) is 34.7 Å². The highest BCUT2D eigenvalue weighted by atomic mass is 16.5. The fourth-order valence-corrected chi connectivity index (χ4v) is 3.27. The summed E-state index contributed by atoms with van der Waals surface area (Å²) in [6, 6.07) is 1.55. The maximum atomic E-state index is 13.1. The van der Waals surface area contributed by atoms with Crippen molar-refractivity contribution in [1.29, 1.82) is 0 Å². The van der Waals surface area contributed by atoms with Gasteiger partial charge in [-0.3, -0.25) is 14.2 Å². The number of carbonyl (C=O) groups excluding carboxylic acids is 1. The van der Waals surface area contributed by atoms with Crippen LogP contribution in [0.4, 0.5) is 0 Å². The summed E-state index contributed by atoms with van der Waals surface area (Å²) in [4.78, 5) is 17.6. The van der Waals surface area contributed by atoms with Crippen LogP contribution in [0.2, 0.25) is 0 Å². The number of hydrogen-bond donors (Lipinski definition) is 1. The number of hydrogen-bond acceptors (Lipinski definition) is 6. The van der Waals surface area contributed by atoms with Crippen molar-refractivity contribution in [2.45, 2.75) is 26.8 Å². The van der Waals surface area contributed by atoms with Crippen molar-refractivity contribution in [2.75, 3.05) is 0 Å². The van der Waals surface area contributed by atoms with Gasteiger partial charge in [0.25, 0.3) is 11.6 Å². The molecule has 0 unspecified atom stereocenters. The molecule has 4 aromatic rings. The highest BCUT2D eigenvalue weighted by Gasteiger charge is 2.22. The molecule has 0 aliphatic carbocycles. The van der Waals surface area contributed by atoms with Crippen LogP contribution < -0.4 is 5.32 Å². The third-order valence-corrected chi connectivity index (χ3v) is 4.95. The van der Waals surface area contributed by atoms with Crippen molar-refractivity contribution in [3.63, 3.8) is 0 Å². The van der Waals surface area contributed by atoms with Gasteiger partial charge < -0.3 is 9.84 Å². The summed E-state index contributed by atoms with van der Waals surface area (Å²) >= 11 is 0. The van der Waals surface area contributed by atoms with E-state index in [2.05, 4.69) is 25.7 Å². The number of carbonyl (C=O) groups is 1. The van der Waals surface area contributed by atoms with Crippen LogP contribution in [0, 0.1) is 13.8 Å². The maximum Gasteiger partial charge on any atom is 0.259 e. The zero-order chi connectivity index (χ0) is 20.0. The number of aromatic nitrogens is 6. The topological polar surface area (TPSA) is 104 Å². The number of amides is 1. The van der Waals surface area contributed by atoms with E-state index in [4.69, 9.17) is 4.52 Å². The van der Waals surface area contributed by atoms with Gasteiger partial charge in [0.05, 0.1) is 40.8 Å². The quantitative estimate of drug-likeness (QED) is 0.584.